The predicted molar refractivity (Wildman–Crippen MR) is 152 cm³/mol. The van der Waals surface area contributed by atoms with Gasteiger partial charge in [0, 0.05) is 40.3 Å². The minimum Gasteiger partial charge on any atom is -0.598 e. The summed E-state index contributed by atoms with van der Waals surface area (Å²) in [6.45, 7) is 5.30. The third kappa shape index (κ3) is 6.64. The molecular formula is C28H30FN3O6S2. The minimum absolute atomic E-state index is 0.0276. The normalized spacial score (nSPS) is 12.9. The lowest BCUT2D eigenvalue weighted by Crippen LogP contribution is -2.39. The molecule has 9 nitrogen and oxygen atoms in total. The van der Waals surface area contributed by atoms with Gasteiger partial charge in [0.25, 0.3) is 0 Å². The lowest BCUT2D eigenvalue weighted by molar-refractivity contribution is -0.136. The summed E-state index contributed by atoms with van der Waals surface area (Å²) in [5.41, 5.74) is 2.05. The summed E-state index contributed by atoms with van der Waals surface area (Å²) in [6, 6.07) is 13.2. The number of hydrogen-bond donors (Lipinski definition) is 2. The molecule has 2 aromatic heterocycles. The van der Waals surface area contributed by atoms with Crippen LogP contribution in [0.3, 0.4) is 0 Å². The highest BCUT2D eigenvalue weighted by Crippen LogP contribution is 2.34. The van der Waals surface area contributed by atoms with E-state index in [2.05, 4.69) is 9.71 Å². The van der Waals surface area contributed by atoms with Gasteiger partial charge in [-0.3, -0.25) is 9.78 Å². The van der Waals surface area contributed by atoms with Crippen LogP contribution < -0.4 is 9.46 Å². The van der Waals surface area contributed by atoms with Gasteiger partial charge in [0.2, 0.25) is 10.0 Å². The Morgan fingerprint density at radius 3 is 2.58 bits per heavy atom. The van der Waals surface area contributed by atoms with Crippen LogP contribution in [0.5, 0.6) is 5.75 Å². The van der Waals surface area contributed by atoms with Gasteiger partial charge in [-0.05, 0) is 62.2 Å². The number of aromatic nitrogens is 2. The number of fused-ring (bicyclic) bond motifs is 1. The summed E-state index contributed by atoms with van der Waals surface area (Å²) < 4.78 is 62.6. The van der Waals surface area contributed by atoms with Gasteiger partial charge < -0.3 is 14.4 Å². The molecule has 0 fully saturated rings. The molecule has 4 aromatic rings. The minimum atomic E-state index is -3.68. The zero-order valence-corrected chi connectivity index (χ0v) is 24.1. The second-order valence-electron chi connectivity index (χ2n) is 10.2. The van der Waals surface area contributed by atoms with Crippen LogP contribution in [0.1, 0.15) is 37.6 Å². The monoisotopic (exact) mass is 587 g/mol. The second kappa shape index (κ2) is 11.6. The van der Waals surface area contributed by atoms with E-state index >= 15 is 4.39 Å². The van der Waals surface area contributed by atoms with Crippen molar-refractivity contribution < 1.29 is 32.0 Å². The van der Waals surface area contributed by atoms with Gasteiger partial charge in [0.1, 0.15) is 17.1 Å². The van der Waals surface area contributed by atoms with E-state index in [1.54, 1.807) is 63.2 Å². The Labute approximate surface area is 235 Å². The van der Waals surface area contributed by atoms with E-state index in [1.165, 1.54) is 18.5 Å². The molecule has 40 heavy (non-hydrogen) atoms. The van der Waals surface area contributed by atoms with Crippen molar-refractivity contribution in [2.45, 2.75) is 45.1 Å². The fourth-order valence-electron chi connectivity index (χ4n) is 4.15. The lowest BCUT2D eigenvalue weighted by atomic mass is 9.98. The molecule has 0 bridgehead atoms. The number of carboxylic acid groups (broad SMARTS) is 1. The SMILES string of the molecule is CC(C)(C)[S+]([O-])NCc1nccc(-c2cc(COc3ccccc3CC(=O)O)cc3c2ccn3S(C)(=O)=O)c1F. The predicted octanol–water partition coefficient (Wildman–Crippen LogP) is 4.41. The van der Waals surface area contributed by atoms with Crippen LogP contribution in [0, 0.1) is 5.82 Å². The first-order valence-electron chi connectivity index (χ1n) is 12.3. The maximum absolute atomic E-state index is 15.8. The molecule has 212 valence electrons. The van der Waals surface area contributed by atoms with Crippen molar-refractivity contribution in [3.8, 4) is 16.9 Å². The Bertz CT molecular complexity index is 1660. The molecule has 0 saturated heterocycles. The molecule has 4 rings (SSSR count). The van der Waals surface area contributed by atoms with Gasteiger partial charge in [-0.1, -0.05) is 18.2 Å². The highest BCUT2D eigenvalue weighted by Gasteiger charge is 2.27. The molecule has 2 heterocycles. The van der Waals surface area contributed by atoms with Crippen LogP contribution in [-0.4, -0.2) is 44.0 Å². The van der Waals surface area contributed by atoms with Crippen molar-refractivity contribution in [1.29, 1.82) is 0 Å². The molecular weight excluding hydrogens is 557 g/mol. The van der Waals surface area contributed by atoms with Gasteiger partial charge in [0.05, 0.1) is 30.4 Å². The molecule has 0 aliphatic rings. The lowest BCUT2D eigenvalue weighted by Gasteiger charge is -2.23. The van der Waals surface area contributed by atoms with Crippen LogP contribution >= 0.6 is 0 Å². The van der Waals surface area contributed by atoms with Crippen LogP contribution in [0.2, 0.25) is 0 Å². The molecule has 0 saturated carbocycles. The highest BCUT2D eigenvalue weighted by molar-refractivity contribution is 7.90. The number of rotatable bonds is 10. The fraction of sp³-hybridized carbons (Fsp3) is 0.286. The second-order valence-corrected chi connectivity index (χ2v) is 14.1. The molecule has 1 unspecified atom stereocenters. The maximum Gasteiger partial charge on any atom is 0.307 e. The number of nitrogens with one attached hydrogen (secondary N) is 1. The first kappa shape index (κ1) is 29.5. The third-order valence-electron chi connectivity index (χ3n) is 6.08. The Kier molecular flexibility index (Phi) is 8.55. The van der Waals surface area contributed by atoms with Crippen molar-refractivity contribution in [1.82, 2.24) is 13.7 Å². The van der Waals surface area contributed by atoms with Crippen molar-refractivity contribution in [3.05, 3.63) is 83.6 Å². The van der Waals surface area contributed by atoms with Gasteiger partial charge in [-0.25, -0.2) is 16.8 Å². The molecule has 0 spiro atoms. The zero-order chi connectivity index (χ0) is 29.2. The van der Waals surface area contributed by atoms with Crippen molar-refractivity contribution in [2.24, 2.45) is 0 Å². The largest absolute Gasteiger partial charge is 0.598 e. The molecule has 0 radical (unpaired) electrons. The first-order valence-corrected chi connectivity index (χ1v) is 15.3. The number of hydrogen-bond acceptors (Lipinski definition) is 7. The van der Waals surface area contributed by atoms with E-state index in [4.69, 9.17) is 4.74 Å². The smallest absolute Gasteiger partial charge is 0.307 e. The summed E-state index contributed by atoms with van der Waals surface area (Å²) in [5, 5.41) is 9.72. The third-order valence-corrected chi connectivity index (χ3v) is 8.63. The van der Waals surface area contributed by atoms with Crippen LogP contribution in [0.4, 0.5) is 4.39 Å². The van der Waals surface area contributed by atoms with Crippen molar-refractivity contribution in [3.63, 3.8) is 0 Å². The fourth-order valence-corrected chi connectivity index (χ4v) is 5.65. The summed E-state index contributed by atoms with van der Waals surface area (Å²) in [4.78, 5) is 15.4. The summed E-state index contributed by atoms with van der Waals surface area (Å²) in [6.07, 6.45) is 3.70. The molecule has 2 N–H and O–H groups in total. The van der Waals surface area contributed by atoms with Gasteiger partial charge in [-0.2, -0.15) is 0 Å². The number of para-hydroxylation sites is 1. The molecule has 0 amide bonds. The number of carbonyl (C=O) groups is 1. The standard InChI is InChI=1S/C28H30FN3O6S2/c1-28(2,3)39(35)31-16-23-27(29)21(9-11-30-23)22-13-18(14-24-20(22)10-12-32(24)40(4,36)37)17-38-25-8-6-5-7-19(25)15-26(33)34/h5-14,31H,15-17H2,1-4H3,(H,33,34). The first-order chi connectivity index (χ1) is 18.8. The number of carboxylic acids is 1. The number of halogens is 1. The Morgan fingerprint density at radius 1 is 1.18 bits per heavy atom. The maximum atomic E-state index is 15.8. The van der Waals surface area contributed by atoms with E-state index in [1.807, 2.05) is 0 Å². The molecule has 12 heteroatoms. The number of nitrogens with zero attached hydrogens (tertiary/aromatic N) is 2. The van der Waals surface area contributed by atoms with E-state index < -0.39 is 37.9 Å². The number of benzene rings is 2. The summed E-state index contributed by atoms with van der Waals surface area (Å²) >= 11 is -1.44. The van der Waals surface area contributed by atoms with Crippen molar-refractivity contribution in [2.75, 3.05) is 6.26 Å². The molecule has 0 aliphatic heterocycles. The number of aliphatic carboxylic acids is 1. The van der Waals surface area contributed by atoms with E-state index in [-0.39, 0.29) is 30.8 Å². The Balaban J connectivity index is 1.77. The van der Waals surface area contributed by atoms with Crippen LogP contribution in [0.25, 0.3) is 22.0 Å². The van der Waals surface area contributed by atoms with E-state index in [0.717, 1.165) is 10.2 Å². The van der Waals surface area contributed by atoms with E-state index in [9.17, 15) is 22.9 Å². The average molecular weight is 588 g/mol. The topological polar surface area (TPSA) is 134 Å². The van der Waals surface area contributed by atoms with Gasteiger partial charge in [0.15, 0.2) is 5.82 Å². The van der Waals surface area contributed by atoms with Gasteiger partial charge >= 0.3 is 5.97 Å². The van der Waals surface area contributed by atoms with Crippen LogP contribution in [0.15, 0.2) is 60.9 Å². The molecule has 0 aliphatic carbocycles. The van der Waals surface area contributed by atoms with E-state index in [0.29, 0.717) is 33.3 Å². The van der Waals surface area contributed by atoms with Crippen LogP contribution in [-0.2, 0) is 45.8 Å². The molecule has 2 aromatic carbocycles. The van der Waals surface area contributed by atoms with Crippen molar-refractivity contribution >= 4 is 38.3 Å². The quantitative estimate of drug-likeness (QED) is 0.261. The Hall–Kier alpha value is -3.45. The van der Waals surface area contributed by atoms with Gasteiger partial charge in [-0.15, -0.1) is 4.72 Å². The summed E-state index contributed by atoms with van der Waals surface area (Å²) in [7, 11) is -3.68. The summed E-state index contributed by atoms with van der Waals surface area (Å²) in [5.74, 6) is -1.25. The highest BCUT2D eigenvalue weighted by atomic mass is 32.2. The zero-order valence-electron chi connectivity index (χ0n) is 22.5. The average Bonchev–Trinajstić information content (AvgIpc) is 3.31. The number of ether oxygens (including phenoxy) is 1. The Morgan fingerprint density at radius 2 is 1.90 bits per heavy atom. The number of pyridine rings is 1. The molecule has 1 atom stereocenters.